The minimum Gasteiger partial charge on any atom is -0.396 e. The number of allylic oxidation sites excluding steroid dienone is 1. The fourth-order valence-corrected chi connectivity index (χ4v) is 1.39. The molecule has 0 aromatic carbocycles. The predicted octanol–water partition coefficient (Wildman–Crippen LogP) is 2.12. The smallest absolute Gasteiger partial charge is 0.0468 e. The maximum Gasteiger partial charge on any atom is 0.0468 e. The van der Waals surface area contributed by atoms with Crippen molar-refractivity contribution in [3.63, 3.8) is 0 Å². The van der Waals surface area contributed by atoms with Gasteiger partial charge in [0.15, 0.2) is 0 Å². The third-order valence-electron chi connectivity index (χ3n) is 2.20. The van der Waals surface area contributed by atoms with Crippen LogP contribution in [0.4, 0.5) is 0 Å². The number of hydrogen-bond acceptors (Lipinski definition) is 1. The summed E-state index contributed by atoms with van der Waals surface area (Å²) in [7, 11) is 0. The van der Waals surface area contributed by atoms with Crippen LogP contribution in [-0.2, 0) is 0 Å². The van der Waals surface area contributed by atoms with Crippen LogP contribution in [0.25, 0.3) is 0 Å². The van der Waals surface area contributed by atoms with E-state index in [1.54, 1.807) is 0 Å². The highest BCUT2D eigenvalue weighted by atomic mass is 16.2. The largest absolute Gasteiger partial charge is 0.396 e. The zero-order chi connectivity index (χ0) is 7.40. The third-order valence-corrected chi connectivity index (χ3v) is 2.20. The molecule has 0 radical (unpaired) electrons. The van der Waals surface area contributed by atoms with E-state index in [9.17, 15) is 0 Å². The molecule has 0 saturated carbocycles. The van der Waals surface area contributed by atoms with E-state index in [2.05, 4.69) is 13.0 Å². The maximum absolute atomic E-state index is 8.64. The highest BCUT2D eigenvalue weighted by Gasteiger charge is 2.08. The molecular weight excluding hydrogens is 124 g/mol. The van der Waals surface area contributed by atoms with Crippen LogP contribution in [0.5, 0.6) is 0 Å². The zero-order valence-corrected chi connectivity index (χ0v) is 6.64. The lowest BCUT2D eigenvalue weighted by molar-refractivity contribution is 0.295. The Morgan fingerprint density at radius 3 is 3.00 bits per heavy atom. The standard InChI is InChI=1S/C9H16O/c1-8-2-4-9(5-3-8)6-7-10/h4,8,10H,2-3,5-7H2,1H3/t8-/m0/s1. The molecule has 0 aromatic rings. The summed E-state index contributed by atoms with van der Waals surface area (Å²) < 4.78 is 0. The Hall–Kier alpha value is -0.300. The lowest BCUT2D eigenvalue weighted by Gasteiger charge is -2.17. The van der Waals surface area contributed by atoms with Crippen LogP contribution in [0.2, 0.25) is 0 Å². The van der Waals surface area contributed by atoms with Crippen LogP contribution in [0.3, 0.4) is 0 Å². The maximum atomic E-state index is 8.64. The lowest BCUT2D eigenvalue weighted by Crippen LogP contribution is -2.02. The molecule has 0 aliphatic heterocycles. The molecule has 0 saturated heterocycles. The van der Waals surface area contributed by atoms with Crippen LogP contribution < -0.4 is 0 Å². The second-order valence-corrected chi connectivity index (χ2v) is 3.22. The normalized spacial score (nSPS) is 26.2. The Kier molecular flexibility index (Phi) is 2.94. The van der Waals surface area contributed by atoms with Crippen LogP contribution in [0.1, 0.15) is 32.6 Å². The molecule has 1 nitrogen and oxygen atoms in total. The first-order valence-electron chi connectivity index (χ1n) is 4.11. The molecule has 1 N–H and O–H groups in total. The van der Waals surface area contributed by atoms with Crippen LogP contribution in [0.15, 0.2) is 11.6 Å². The summed E-state index contributed by atoms with van der Waals surface area (Å²) in [4.78, 5) is 0. The Labute approximate surface area is 62.8 Å². The van der Waals surface area contributed by atoms with E-state index in [-0.39, 0.29) is 0 Å². The molecule has 0 spiro atoms. The van der Waals surface area contributed by atoms with E-state index in [0.717, 1.165) is 12.3 Å². The molecular formula is C9H16O. The van der Waals surface area contributed by atoms with E-state index in [4.69, 9.17) is 5.11 Å². The second-order valence-electron chi connectivity index (χ2n) is 3.22. The van der Waals surface area contributed by atoms with Crippen molar-refractivity contribution in [3.8, 4) is 0 Å². The van der Waals surface area contributed by atoms with Gasteiger partial charge in [0.1, 0.15) is 0 Å². The van der Waals surface area contributed by atoms with E-state index < -0.39 is 0 Å². The Balaban J connectivity index is 2.33. The fourth-order valence-electron chi connectivity index (χ4n) is 1.39. The number of hydrogen-bond donors (Lipinski definition) is 1. The van der Waals surface area contributed by atoms with Gasteiger partial charge in [0.25, 0.3) is 0 Å². The monoisotopic (exact) mass is 140 g/mol. The SMILES string of the molecule is C[C@H]1CC=C(CCO)CC1. The van der Waals surface area contributed by atoms with Gasteiger partial charge in [0, 0.05) is 6.61 Å². The van der Waals surface area contributed by atoms with Gasteiger partial charge in [-0.25, -0.2) is 0 Å². The molecule has 0 amide bonds. The summed E-state index contributed by atoms with van der Waals surface area (Å²) in [6.07, 6.45) is 6.93. The summed E-state index contributed by atoms with van der Waals surface area (Å²) >= 11 is 0. The first-order valence-corrected chi connectivity index (χ1v) is 4.11. The fraction of sp³-hybridized carbons (Fsp3) is 0.778. The third kappa shape index (κ3) is 2.14. The Bertz CT molecular complexity index is 127. The molecule has 1 heteroatoms. The van der Waals surface area contributed by atoms with Gasteiger partial charge in [-0.1, -0.05) is 18.6 Å². The summed E-state index contributed by atoms with van der Waals surface area (Å²) in [5, 5.41) is 8.64. The van der Waals surface area contributed by atoms with E-state index in [0.29, 0.717) is 6.61 Å². The van der Waals surface area contributed by atoms with E-state index >= 15 is 0 Å². The lowest BCUT2D eigenvalue weighted by atomic mass is 9.90. The van der Waals surface area contributed by atoms with Crippen molar-refractivity contribution < 1.29 is 5.11 Å². The van der Waals surface area contributed by atoms with Crippen molar-refractivity contribution >= 4 is 0 Å². The van der Waals surface area contributed by atoms with Crippen molar-refractivity contribution in [1.82, 2.24) is 0 Å². The van der Waals surface area contributed by atoms with E-state index in [1.807, 2.05) is 0 Å². The van der Waals surface area contributed by atoms with Crippen molar-refractivity contribution in [2.75, 3.05) is 6.61 Å². The summed E-state index contributed by atoms with van der Waals surface area (Å²) in [6, 6.07) is 0. The zero-order valence-electron chi connectivity index (χ0n) is 6.64. The van der Waals surface area contributed by atoms with Crippen molar-refractivity contribution in [2.24, 2.45) is 5.92 Å². The number of aliphatic hydroxyl groups excluding tert-OH is 1. The van der Waals surface area contributed by atoms with Gasteiger partial charge < -0.3 is 5.11 Å². The topological polar surface area (TPSA) is 20.2 Å². The van der Waals surface area contributed by atoms with Crippen LogP contribution in [-0.4, -0.2) is 11.7 Å². The van der Waals surface area contributed by atoms with Crippen molar-refractivity contribution in [1.29, 1.82) is 0 Å². The summed E-state index contributed by atoms with van der Waals surface area (Å²) in [5.41, 5.74) is 1.46. The molecule has 58 valence electrons. The molecule has 0 unspecified atom stereocenters. The quantitative estimate of drug-likeness (QED) is 0.582. The van der Waals surface area contributed by atoms with E-state index in [1.165, 1.54) is 24.8 Å². The molecule has 1 rings (SSSR count). The summed E-state index contributed by atoms with van der Waals surface area (Å²) in [6.45, 7) is 2.60. The molecule has 0 fully saturated rings. The highest BCUT2D eigenvalue weighted by Crippen LogP contribution is 2.24. The van der Waals surface area contributed by atoms with Gasteiger partial charge in [0.05, 0.1) is 0 Å². The van der Waals surface area contributed by atoms with Gasteiger partial charge in [0.2, 0.25) is 0 Å². The van der Waals surface area contributed by atoms with Gasteiger partial charge >= 0.3 is 0 Å². The first kappa shape index (κ1) is 7.80. The number of rotatable bonds is 2. The molecule has 1 atom stereocenters. The molecule has 10 heavy (non-hydrogen) atoms. The van der Waals surface area contributed by atoms with Gasteiger partial charge in [-0.15, -0.1) is 0 Å². The predicted molar refractivity (Wildman–Crippen MR) is 42.8 cm³/mol. The minimum absolute atomic E-state index is 0.320. The minimum atomic E-state index is 0.320. The van der Waals surface area contributed by atoms with Crippen LogP contribution >= 0.6 is 0 Å². The molecule has 1 aliphatic rings. The van der Waals surface area contributed by atoms with Gasteiger partial charge in [-0.2, -0.15) is 0 Å². The highest BCUT2D eigenvalue weighted by molar-refractivity contribution is 5.05. The average molecular weight is 140 g/mol. The second kappa shape index (κ2) is 3.77. The van der Waals surface area contributed by atoms with Crippen molar-refractivity contribution in [2.45, 2.75) is 32.6 Å². The van der Waals surface area contributed by atoms with Crippen LogP contribution in [0, 0.1) is 5.92 Å². The van der Waals surface area contributed by atoms with Gasteiger partial charge in [-0.05, 0) is 31.6 Å². The molecule has 0 bridgehead atoms. The molecule has 1 aliphatic carbocycles. The number of aliphatic hydroxyl groups is 1. The Morgan fingerprint density at radius 2 is 2.50 bits per heavy atom. The molecule has 0 heterocycles. The summed E-state index contributed by atoms with van der Waals surface area (Å²) in [5.74, 6) is 0.863. The van der Waals surface area contributed by atoms with Gasteiger partial charge in [-0.3, -0.25) is 0 Å². The Morgan fingerprint density at radius 1 is 1.70 bits per heavy atom. The first-order chi connectivity index (χ1) is 4.83. The van der Waals surface area contributed by atoms with Crippen molar-refractivity contribution in [3.05, 3.63) is 11.6 Å². The molecule has 0 aromatic heterocycles. The average Bonchev–Trinajstić information content (AvgIpc) is 1.95.